The molecule has 1 saturated heterocycles. The van der Waals surface area contributed by atoms with Gasteiger partial charge in [0.1, 0.15) is 11.6 Å². The van der Waals surface area contributed by atoms with Crippen LogP contribution in [0.2, 0.25) is 0 Å². The Hall–Kier alpha value is -1.63. The lowest BCUT2D eigenvalue weighted by molar-refractivity contribution is -0.0805. The van der Waals surface area contributed by atoms with Crippen molar-refractivity contribution >= 4 is 5.84 Å². The first-order valence-electron chi connectivity index (χ1n) is 7.03. The smallest absolute Gasteiger partial charge is 0.130 e. The summed E-state index contributed by atoms with van der Waals surface area (Å²) in [5.41, 5.74) is 7.22. The Labute approximate surface area is 125 Å². The van der Waals surface area contributed by atoms with Crippen LogP contribution in [0.25, 0.3) is 0 Å². The molecule has 1 aromatic carbocycles. The Morgan fingerprint density at radius 3 is 2.95 bits per heavy atom. The Balaban J connectivity index is 2.13. The Kier molecular flexibility index (Phi) is 5.17. The number of benzene rings is 1. The Morgan fingerprint density at radius 1 is 1.57 bits per heavy atom. The summed E-state index contributed by atoms with van der Waals surface area (Å²) in [7, 11) is 1.57. The van der Waals surface area contributed by atoms with Gasteiger partial charge in [0.05, 0.1) is 32.0 Å². The number of nitrogens with one attached hydrogen (secondary N) is 1. The quantitative estimate of drug-likeness (QED) is 0.545. The first-order valence-corrected chi connectivity index (χ1v) is 7.03. The van der Waals surface area contributed by atoms with Crippen LogP contribution >= 0.6 is 0 Å². The highest BCUT2D eigenvalue weighted by atomic mass is 16.5. The summed E-state index contributed by atoms with van der Waals surface area (Å²) < 4.78 is 10.8. The molecule has 21 heavy (non-hydrogen) atoms. The predicted octanol–water partition coefficient (Wildman–Crippen LogP) is 0.561. The van der Waals surface area contributed by atoms with Gasteiger partial charge < -0.3 is 20.3 Å². The SMILES string of the molecule is COc1cc(CN2CC(CO)OCC2C)ccc1C(=N)N. The third kappa shape index (κ3) is 3.72. The summed E-state index contributed by atoms with van der Waals surface area (Å²) in [5.74, 6) is 0.609. The minimum Gasteiger partial charge on any atom is -0.496 e. The molecule has 0 aliphatic carbocycles. The van der Waals surface area contributed by atoms with E-state index < -0.39 is 0 Å². The highest BCUT2D eigenvalue weighted by Crippen LogP contribution is 2.22. The normalized spacial score (nSPS) is 23.0. The summed E-state index contributed by atoms with van der Waals surface area (Å²) in [6, 6.07) is 5.97. The molecule has 6 heteroatoms. The Morgan fingerprint density at radius 2 is 2.33 bits per heavy atom. The molecule has 0 aromatic heterocycles. The topological polar surface area (TPSA) is 91.8 Å². The lowest BCUT2D eigenvalue weighted by atomic mass is 10.1. The van der Waals surface area contributed by atoms with Crippen LogP contribution < -0.4 is 10.5 Å². The van der Waals surface area contributed by atoms with Gasteiger partial charge in [-0.2, -0.15) is 0 Å². The number of aliphatic hydroxyl groups is 1. The van der Waals surface area contributed by atoms with Gasteiger partial charge in [0.2, 0.25) is 0 Å². The zero-order valence-electron chi connectivity index (χ0n) is 12.5. The van der Waals surface area contributed by atoms with Crippen LogP contribution in [0.1, 0.15) is 18.1 Å². The number of nitrogens with zero attached hydrogens (tertiary/aromatic N) is 1. The number of hydrogen-bond acceptors (Lipinski definition) is 5. The van der Waals surface area contributed by atoms with E-state index in [1.165, 1.54) is 0 Å². The van der Waals surface area contributed by atoms with E-state index in [4.69, 9.17) is 20.6 Å². The fourth-order valence-corrected chi connectivity index (χ4v) is 2.50. The predicted molar refractivity (Wildman–Crippen MR) is 80.7 cm³/mol. The maximum absolute atomic E-state index is 9.23. The number of rotatable bonds is 5. The molecule has 116 valence electrons. The van der Waals surface area contributed by atoms with E-state index in [0.29, 0.717) is 30.5 Å². The molecule has 2 atom stereocenters. The minimum atomic E-state index is -0.125. The summed E-state index contributed by atoms with van der Waals surface area (Å²) >= 11 is 0. The van der Waals surface area contributed by atoms with Crippen molar-refractivity contribution in [1.29, 1.82) is 5.41 Å². The summed E-state index contributed by atoms with van der Waals surface area (Å²) in [4.78, 5) is 2.27. The van der Waals surface area contributed by atoms with Crippen molar-refractivity contribution < 1.29 is 14.6 Å². The van der Waals surface area contributed by atoms with Crippen molar-refractivity contribution in [3.63, 3.8) is 0 Å². The van der Waals surface area contributed by atoms with Crippen LogP contribution in [0.3, 0.4) is 0 Å². The first-order chi connectivity index (χ1) is 10.0. The molecule has 0 spiro atoms. The molecule has 1 heterocycles. The molecule has 1 aliphatic rings. The molecule has 6 nitrogen and oxygen atoms in total. The first kappa shape index (κ1) is 15.8. The van der Waals surface area contributed by atoms with Crippen molar-refractivity contribution in [3.8, 4) is 5.75 Å². The number of hydrogen-bond donors (Lipinski definition) is 3. The average molecular weight is 293 g/mol. The van der Waals surface area contributed by atoms with E-state index >= 15 is 0 Å². The fourth-order valence-electron chi connectivity index (χ4n) is 2.50. The van der Waals surface area contributed by atoms with Gasteiger partial charge >= 0.3 is 0 Å². The zero-order valence-corrected chi connectivity index (χ0v) is 12.5. The molecule has 0 saturated carbocycles. The average Bonchev–Trinajstić information content (AvgIpc) is 2.49. The van der Waals surface area contributed by atoms with E-state index in [0.717, 1.165) is 12.1 Å². The molecule has 2 unspecified atom stereocenters. The van der Waals surface area contributed by atoms with E-state index in [2.05, 4.69) is 11.8 Å². The number of amidine groups is 1. The maximum atomic E-state index is 9.23. The molecule has 4 N–H and O–H groups in total. The van der Waals surface area contributed by atoms with Crippen LogP contribution in [0, 0.1) is 5.41 Å². The second-order valence-electron chi connectivity index (χ2n) is 5.36. The fraction of sp³-hybridized carbons (Fsp3) is 0.533. The van der Waals surface area contributed by atoms with E-state index in [9.17, 15) is 5.11 Å². The molecular weight excluding hydrogens is 270 g/mol. The molecule has 0 bridgehead atoms. The van der Waals surface area contributed by atoms with E-state index in [1.54, 1.807) is 7.11 Å². The number of nitrogen functional groups attached to an aromatic ring is 1. The molecule has 0 radical (unpaired) electrons. The zero-order chi connectivity index (χ0) is 15.4. The van der Waals surface area contributed by atoms with Crippen molar-refractivity contribution in [2.24, 2.45) is 5.73 Å². The largest absolute Gasteiger partial charge is 0.496 e. The van der Waals surface area contributed by atoms with Gasteiger partial charge in [0.15, 0.2) is 0 Å². The third-order valence-corrected chi connectivity index (χ3v) is 3.78. The standard InChI is InChI=1S/C15H23N3O3/c1-10-9-21-12(8-19)7-18(10)6-11-3-4-13(15(16)17)14(5-11)20-2/h3-5,10,12,19H,6-9H2,1-2H3,(H3,16,17). The van der Waals surface area contributed by atoms with E-state index in [1.807, 2.05) is 18.2 Å². The second-order valence-corrected chi connectivity index (χ2v) is 5.36. The van der Waals surface area contributed by atoms with Crippen LogP contribution in [-0.4, -0.2) is 54.9 Å². The number of nitrogens with two attached hydrogens (primary N) is 1. The van der Waals surface area contributed by atoms with Crippen molar-refractivity contribution in [3.05, 3.63) is 29.3 Å². The van der Waals surface area contributed by atoms with Crippen LogP contribution in [0.15, 0.2) is 18.2 Å². The monoisotopic (exact) mass is 293 g/mol. The molecular formula is C15H23N3O3. The van der Waals surface area contributed by atoms with Gasteiger partial charge in [-0.05, 0) is 24.6 Å². The van der Waals surface area contributed by atoms with Crippen molar-refractivity contribution in [1.82, 2.24) is 4.90 Å². The number of ether oxygens (including phenoxy) is 2. The lowest BCUT2D eigenvalue weighted by Gasteiger charge is -2.37. The van der Waals surface area contributed by atoms with Crippen LogP contribution in [-0.2, 0) is 11.3 Å². The lowest BCUT2D eigenvalue weighted by Crippen LogP contribution is -2.48. The number of aliphatic hydroxyl groups excluding tert-OH is 1. The molecule has 0 amide bonds. The van der Waals surface area contributed by atoms with Gasteiger partial charge in [0.25, 0.3) is 0 Å². The van der Waals surface area contributed by atoms with Crippen LogP contribution in [0.4, 0.5) is 0 Å². The van der Waals surface area contributed by atoms with Crippen molar-refractivity contribution in [2.75, 3.05) is 26.9 Å². The maximum Gasteiger partial charge on any atom is 0.130 e. The van der Waals surface area contributed by atoms with Crippen molar-refractivity contribution in [2.45, 2.75) is 25.6 Å². The third-order valence-electron chi connectivity index (χ3n) is 3.78. The molecule has 2 rings (SSSR count). The summed E-state index contributed by atoms with van der Waals surface area (Å²) in [5, 5.41) is 16.8. The second kappa shape index (κ2) is 6.89. The Bertz CT molecular complexity index is 507. The highest BCUT2D eigenvalue weighted by molar-refractivity contribution is 5.97. The van der Waals surface area contributed by atoms with Gasteiger partial charge in [0, 0.05) is 19.1 Å². The van der Waals surface area contributed by atoms with Gasteiger partial charge in [-0.25, -0.2) is 0 Å². The minimum absolute atomic E-state index is 0.00140. The molecule has 1 fully saturated rings. The molecule has 1 aromatic rings. The van der Waals surface area contributed by atoms with Gasteiger partial charge in [-0.1, -0.05) is 6.07 Å². The van der Waals surface area contributed by atoms with Gasteiger partial charge in [-0.3, -0.25) is 10.3 Å². The number of methoxy groups -OCH3 is 1. The summed E-state index contributed by atoms with van der Waals surface area (Å²) in [6.07, 6.45) is -0.125. The molecule has 1 aliphatic heterocycles. The number of morpholine rings is 1. The van der Waals surface area contributed by atoms with Crippen LogP contribution in [0.5, 0.6) is 5.75 Å². The van der Waals surface area contributed by atoms with E-state index in [-0.39, 0.29) is 18.5 Å². The van der Waals surface area contributed by atoms with Gasteiger partial charge in [-0.15, -0.1) is 0 Å². The summed E-state index contributed by atoms with van der Waals surface area (Å²) in [6.45, 7) is 4.21. The highest BCUT2D eigenvalue weighted by Gasteiger charge is 2.25.